The van der Waals surface area contributed by atoms with Gasteiger partial charge in [0.1, 0.15) is 29.6 Å². The Hall–Kier alpha value is -3.91. The molecule has 1 aliphatic heterocycles. The fourth-order valence-corrected chi connectivity index (χ4v) is 3.37. The zero-order valence-electron chi connectivity index (χ0n) is 16.5. The van der Waals surface area contributed by atoms with Crippen molar-refractivity contribution in [3.05, 3.63) is 101 Å². The van der Waals surface area contributed by atoms with Crippen LogP contribution in [0.3, 0.4) is 0 Å². The van der Waals surface area contributed by atoms with E-state index in [1.54, 1.807) is 42.5 Å². The molecular formula is C24H16F2N2O3S. The van der Waals surface area contributed by atoms with Crippen molar-refractivity contribution in [2.45, 2.75) is 6.61 Å². The normalized spacial score (nSPS) is 15.1. The van der Waals surface area contributed by atoms with E-state index in [1.165, 1.54) is 36.4 Å². The molecule has 0 bridgehead atoms. The zero-order valence-corrected chi connectivity index (χ0v) is 17.4. The summed E-state index contributed by atoms with van der Waals surface area (Å²) in [5.74, 6) is -1.55. The van der Waals surface area contributed by atoms with Gasteiger partial charge >= 0.3 is 0 Å². The molecule has 8 heteroatoms. The monoisotopic (exact) mass is 450 g/mol. The average molecular weight is 450 g/mol. The number of ether oxygens (including phenoxy) is 1. The molecule has 3 aromatic carbocycles. The summed E-state index contributed by atoms with van der Waals surface area (Å²) in [5, 5.41) is 2.39. The van der Waals surface area contributed by atoms with E-state index in [1.807, 2.05) is 0 Å². The molecule has 1 heterocycles. The van der Waals surface area contributed by atoms with Crippen LogP contribution < -0.4 is 15.0 Å². The highest BCUT2D eigenvalue weighted by Crippen LogP contribution is 2.23. The number of carbonyl (C=O) groups excluding carboxylic acids is 2. The van der Waals surface area contributed by atoms with Crippen LogP contribution in [0.5, 0.6) is 5.75 Å². The second kappa shape index (κ2) is 9.07. The molecule has 3 aromatic rings. The van der Waals surface area contributed by atoms with Crippen LogP contribution in [0.15, 0.2) is 78.4 Å². The molecule has 160 valence electrons. The number of anilines is 1. The van der Waals surface area contributed by atoms with Gasteiger partial charge in [-0.25, -0.2) is 8.78 Å². The molecule has 1 saturated heterocycles. The highest BCUT2D eigenvalue weighted by atomic mass is 32.1. The Kier molecular flexibility index (Phi) is 6.04. The molecule has 0 atom stereocenters. The SMILES string of the molecule is O=C1NC(=S)N(c2ccc(F)cc2)C(=O)/C1=C\c1ccc(OCc2ccccc2F)cc1. The van der Waals surface area contributed by atoms with Gasteiger partial charge in [0.05, 0.1) is 5.69 Å². The minimum absolute atomic E-state index is 0.0675. The molecule has 0 unspecified atom stereocenters. The van der Waals surface area contributed by atoms with Crippen LogP contribution in [0.4, 0.5) is 14.5 Å². The quantitative estimate of drug-likeness (QED) is 0.356. The molecule has 1 fully saturated rings. The van der Waals surface area contributed by atoms with Crippen LogP contribution >= 0.6 is 12.2 Å². The van der Waals surface area contributed by atoms with Crippen molar-refractivity contribution in [2.24, 2.45) is 0 Å². The van der Waals surface area contributed by atoms with Gasteiger partial charge in [-0.3, -0.25) is 19.8 Å². The van der Waals surface area contributed by atoms with Gasteiger partial charge in [-0.2, -0.15) is 0 Å². The molecule has 1 aliphatic rings. The number of rotatable bonds is 5. The Morgan fingerprint density at radius 2 is 1.62 bits per heavy atom. The third-order valence-corrected chi connectivity index (χ3v) is 5.01. The Bertz CT molecular complexity index is 1220. The molecule has 0 aromatic heterocycles. The maximum atomic E-state index is 13.7. The Labute approximate surface area is 187 Å². The van der Waals surface area contributed by atoms with E-state index in [-0.39, 0.29) is 23.1 Å². The average Bonchev–Trinajstić information content (AvgIpc) is 2.78. The first-order chi connectivity index (χ1) is 15.4. The molecule has 0 aliphatic carbocycles. The Morgan fingerprint density at radius 1 is 0.938 bits per heavy atom. The number of nitrogens with one attached hydrogen (secondary N) is 1. The number of nitrogens with zero attached hydrogens (tertiary/aromatic N) is 1. The third-order valence-electron chi connectivity index (χ3n) is 4.73. The van der Waals surface area contributed by atoms with Gasteiger partial charge in [0.2, 0.25) is 0 Å². The first-order valence-corrected chi connectivity index (χ1v) is 9.96. The topological polar surface area (TPSA) is 58.6 Å². The van der Waals surface area contributed by atoms with Crippen LogP contribution in [0.25, 0.3) is 6.08 Å². The fourth-order valence-electron chi connectivity index (χ4n) is 3.09. The van der Waals surface area contributed by atoms with Gasteiger partial charge in [0.15, 0.2) is 5.11 Å². The van der Waals surface area contributed by atoms with Gasteiger partial charge in [-0.1, -0.05) is 30.3 Å². The highest BCUT2D eigenvalue weighted by Gasteiger charge is 2.34. The van der Waals surface area contributed by atoms with E-state index in [9.17, 15) is 18.4 Å². The second-order valence-corrected chi connectivity index (χ2v) is 7.27. The summed E-state index contributed by atoms with van der Waals surface area (Å²) in [6.07, 6.45) is 1.43. The van der Waals surface area contributed by atoms with Crippen LogP contribution in [-0.4, -0.2) is 16.9 Å². The van der Waals surface area contributed by atoms with Gasteiger partial charge < -0.3 is 4.74 Å². The summed E-state index contributed by atoms with van der Waals surface area (Å²) in [6.45, 7) is 0.0675. The molecule has 0 spiro atoms. The standard InChI is InChI=1S/C24H16F2N2O3S/c25-17-7-9-18(10-8-17)28-23(30)20(22(29)27-24(28)32)13-15-5-11-19(12-6-15)31-14-16-3-1-2-4-21(16)26/h1-13H,14H2,(H,27,29,32)/b20-13-. The summed E-state index contributed by atoms with van der Waals surface area (Å²) < 4.78 is 32.5. The molecule has 32 heavy (non-hydrogen) atoms. The smallest absolute Gasteiger partial charge is 0.270 e. The lowest BCUT2D eigenvalue weighted by Gasteiger charge is -2.28. The Balaban J connectivity index is 1.52. The predicted molar refractivity (Wildman–Crippen MR) is 120 cm³/mol. The van der Waals surface area contributed by atoms with E-state index in [2.05, 4.69) is 5.32 Å². The van der Waals surface area contributed by atoms with Crippen LogP contribution in [0.2, 0.25) is 0 Å². The minimum atomic E-state index is -0.627. The third kappa shape index (κ3) is 4.55. The van der Waals surface area contributed by atoms with Gasteiger partial charge in [-0.05, 0) is 66.3 Å². The molecule has 4 rings (SSSR count). The van der Waals surface area contributed by atoms with Crippen LogP contribution in [0.1, 0.15) is 11.1 Å². The van der Waals surface area contributed by atoms with Crippen molar-refractivity contribution in [1.29, 1.82) is 0 Å². The summed E-state index contributed by atoms with van der Waals surface area (Å²) in [4.78, 5) is 26.5. The molecule has 5 nitrogen and oxygen atoms in total. The van der Waals surface area contributed by atoms with Crippen molar-refractivity contribution in [2.75, 3.05) is 4.90 Å². The van der Waals surface area contributed by atoms with Crippen molar-refractivity contribution in [3.63, 3.8) is 0 Å². The van der Waals surface area contributed by atoms with Crippen molar-refractivity contribution < 1.29 is 23.1 Å². The van der Waals surface area contributed by atoms with Crippen LogP contribution in [0, 0.1) is 11.6 Å². The lowest BCUT2D eigenvalue weighted by molar-refractivity contribution is -0.122. The van der Waals surface area contributed by atoms with Gasteiger partial charge in [-0.15, -0.1) is 0 Å². The summed E-state index contributed by atoms with van der Waals surface area (Å²) >= 11 is 5.12. The number of benzene rings is 3. The highest BCUT2D eigenvalue weighted by molar-refractivity contribution is 7.80. The summed E-state index contributed by atoms with van der Waals surface area (Å²) in [6, 6.07) is 18.2. The lowest BCUT2D eigenvalue weighted by Crippen LogP contribution is -2.54. The fraction of sp³-hybridized carbons (Fsp3) is 0.0417. The van der Waals surface area contributed by atoms with E-state index in [4.69, 9.17) is 17.0 Å². The number of amides is 2. The zero-order chi connectivity index (χ0) is 22.7. The maximum Gasteiger partial charge on any atom is 0.270 e. The first kappa shape index (κ1) is 21.3. The number of carbonyl (C=O) groups is 2. The van der Waals surface area contributed by atoms with Gasteiger partial charge in [0.25, 0.3) is 11.8 Å². The number of hydrogen-bond donors (Lipinski definition) is 1. The Morgan fingerprint density at radius 3 is 2.31 bits per heavy atom. The first-order valence-electron chi connectivity index (χ1n) is 9.55. The molecular weight excluding hydrogens is 434 g/mol. The molecule has 0 radical (unpaired) electrons. The van der Waals surface area contributed by atoms with Crippen molar-refractivity contribution >= 4 is 40.9 Å². The largest absolute Gasteiger partial charge is 0.489 e. The van der Waals surface area contributed by atoms with E-state index >= 15 is 0 Å². The van der Waals surface area contributed by atoms with E-state index in [0.29, 0.717) is 22.6 Å². The predicted octanol–water partition coefficient (Wildman–Crippen LogP) is 4.38. The van der Waals surface area contributed by atoms with Crippen molar-refractivity contribution in [3.8, 4) is 5.75 Å². The molecule has 1 N–H and O–H groups in total. The summed E-state index contributed by atoms with van der Waals surface area (Å²) in [7, 11) is 0. The molecule has 0 saturated carbocycles. The minimum Gasteiger partial charge on any atom is -0.489 e. The van der Waals surface area contributed by atoms with Crippen LogP contribution in [-0.2, 0) is 16.2 Å². The van der Waals surface area contributed by atoms with E-state index < -0.39 is 17.6 Å². The second-order valence-electron chi connectivity index (χ2n) is 6.88. The lowest BCUT2D eigenvalue weighted by atomic mass is 10.1. The summed E-state index contributed by atoms with van der Waals surface area (Å²) in [5.41, 5.74) is 1.22. The molecule has 2 amide bonds. The van der Waals surface area contributed by atoms with E-state index in [0.717, 1.165) is 4.90 Å². The maximum absolute atomic E-state index is 13.7. The number of hydrogen-bond acceptors (Lipinski definition) is 4. The number of thiocarbonyl (C=S) groups is 1. The van der Waals surface area contributed by atoms with Crippen molar-refractivity contribution in [1.82, 2.24) is 5.32 Å². The number of halogens is 2. The van der Waals surface area contributed by atoms with Gasteiger partial charge in [0, 0.05) is 5.56 Å².